The van der Waals surface area contributed by atoms with Crippen LogP contribution >= 0.6 is 0 Å². The van der Waals surface area contributed by atoms with E-state index in [9.17, 15) is 8.42 Å². The van der Waals surface area contributed by atoms with E-state index in [1.165, 1.54) is 5.41 Å². The molecule has 1 aliphatic rings. The molecule has 0 aliphatic carbocycles. The van der Waals surface area contributed by atoms with Gasteiger partial charge in [0.25, 0.3) is 0 Å². The summed E-state index contributed by atoms with van der Waals surface area (Å²) in [6.45, 7) is 1.94. The molecule has 0 bridgehead atoms. The highest BCUT2D eigenvalue weighted by Crippen LogP contribution is 2.20. The van der Waals surface area contributed by atoms with Gasteiger partial charge in [-0.25, -0.2) is 8.42 Å². The van der Waals surface area contributed by atoms with E-state index >= 15 is 0 Å². The van der Waals surface area contributed by atoms with E-state index in [0.717, 1.165) is 11.3 Å². The number of anilines is 2. The van der Waals surface area contributed by atoms with E-state index in [1.807, 2.05) is 19.1 Å². The fraction of sp³-hybridized carbons (Fsp3) is 0.273. The van der Waals surface area contributed by atoms with Crippen LogP contribution in [0.25, 0.3) is 0 Å². The van der Waals surface area contributed by atoms with Crippen molar-refractivity contribution in [2.75, 3.05) is 16.8 Å². The van der Waals surface area contributed by atoms with Crippen molar-refractivity contribution in [1.82, 2.24) is 0 Å². The lowest BCUT2D eigenvalue weighted by Gasteiger charge is -2.14. The zero-order valence-electron chi connectivity index (χ0n) is 8.97. The highest BCUT2D eigenvalue weighted by molar-refractivity contribution is 7.94. The van der Waals surface area contributed by atoms with Gasteiger partial charge >= 0.3 is 0 Å². The van der Waals surface area contributed by atoms with Crippen LogP contribution in [-0.2, 0) is 9.84 Å². The van der Waals surface area contributed by atoms with Gasteiger partial charge in [-0.2, -0.15) is 0 Å². The summed E-state index contributed by atoms with van der Waals surface area (Å²) in [6.07, 6.45) is 1.67. The summed E-state index contributed by atoms with van der Waals surface area (Å²) in [5.74, 6) is 0.122. The van der Waals surface area contributed by atoms with Crippen molar-refractivity contribution in [2.45, 2.75) is 13.0 Å². The summed E-state index contributed by atoms with van der Waals surface area (Å²) in [6, 6.07) is 5.37. The zero-order chi connectivity index (χ0) is 11.8. The number of nitrogen functional groups attached to an aromatic ring is 1. The molecule has 16 heavy (non-hydrogen) atoms. The minimum absolute atomic E-state index is 0.122. The number of benzene rings is 1. The van der Waals surface area contributed by atoms with Crippen molar-refractivity contribution in [1.29, 1.82) is 0 Å². The number of hydrogen-bond donors (Lipinski definition) is 2. The molecule has 1 aromatic carbocycles. The zero-order valence-corrected chi connectivity index (χ0v) is 9.79. The van der Waals surface area contributed by atoms with Crippen LogP contribution in [0.1, 0.15) is 5.56 Å². The molecule has 1 atom stereocenters. The summed E-state index contributed by atoms with van der Waals surface area (Å²) in [4.78, 5) is 0. The molecule has 5 heteroatoms. The van der Waals surface area contributed by atoms with Crippen LogP contribution in [0.2, 0.25) is 0 Å². The first-order valence-electron chi connectivity index (χ1n) is 5.00. The van der Waals surface area contributed by atoms with Crippen LogP contribution in [0.15, 0.2) is 29.7 Å². The SMILES string of the molecule is Cc1cc(N)ccc1NC1C=CS(=O)(=O)C1. The highest BCUT2D eigenvalue weighted by Gasteiger charge is 2.21. The monoisotopic (exact) mass is 238 g/mol. The second-order valence-electron chi connectivity index (χ2n) is 3.98. The Labute approximate surface area is 95.1 Å². The molecule has 0 saturated heterocycles. The molecule has 1 aliphatic heterocycles. The fourth-order valence-corrected chi connectivity index (χ4v) is 2.95. The topological polar surface area (TPSA) is 72.2 Å². The van der Waals surface area contributed by atoms with Crippen LogP contribution < -0.4 is 11.1 Å². The van der Waals surface area contributed by atoms with Crippen molar-refractivity contribution in [3.8, 4) is 0 Å². The Morgan fingerprint density at radius 2 is 2.19 bits per heavy atom. The largest absolute Gasteiger partial charge is 0.399 e. The van der Waals surface area contributed by atoms with E-state index < -0.39 is 9.84 Å². The van der Waals surface area contributed by atoms with E-state index in [1.54, 1.807) is 12.1 Å². The van der Waals surface area contributed by atoms with Crippen molar-refractivity contribution in [2.24, 2.45) is 0 Å². The van der Waals surface area contributed by atoms with Crippen LogP contribution in [0.4, 0.5) is 11.4 Å². The number of nitrogens with two attached hydrogens (primary N) is 1. The molecule has 0 amide bonds. The molecule has 0 aromatic heterocycles. The third kappa shape index (κ3) is 2.36. The van der Waals surface area contributed by atoms with Gasteiger partial charge in [0.15, 0.2) is 9.84 Å². The van der Waals surface area contributed by atoms with E-state index in [-0.39, 0.29) is 11.8 Å². The molecule has 0 fully saturated rings. The Morgan fingerprint density at radius 1 is 1.44 bits per heavy atom. The van der Waals surface area contributed by atoms with Crippen LogP contribution in [0.5, 0.6) is 0 Å². The predicted octanol–water partition coefficient (Wildman–Crippen LogP) is 1.30. The summed E-state index contributed by atoms with van der Waals surface area (Å²) >= 11 is 0. The Balaban J connectivity index is 2.14. The first kappa shape index (κ1) is 11.0. The summed E-state index contributed by atoms with van der Waals surface area (Å²) in [7, 11) is -3.00. The summed E-state index contributed by atoms with van der Waals surface area (Å²) < 4.78 is 22.4. The van der Waals surface area contributed by atoms with Gasteiger partial charge in [0.1, 0.15) is 0 Å². The van der Waals surface area contributed by atoms with Crippen molar-refractivity contribution >= 4 is 21.2 Å². The van der Waals surface area contributed by atoms with Crippen molar-refractivity contribution < 1.29 is 8.42 Å². The second kappa shape index (κ2) is 3.83. The van der Waals surface area contributed by atoms with Gasteiger partial charge in [-0.05, 0) is 30.7 Å². The third-order valence-electron chi connectivity index (χ3n) is 2.52. The van der Waals surface area contributed by atoms with Crippen molar-refractivity contribution in [3.63, 3.8) is 0 Å². The molecule has 2 rings (SSSR count). The maximum atomic E-state index is 11.2. The molecule has 1 heterocycles. The molecule has 3 N–H and O–H groups in total. The van der Waals surface area contributed by atoms with E-state index in [0.29, 0.717) is 5.69 Å². The summed E-state index contributed by atoms with van der Waals surface area (Å²) in [5.41, 5.74) is 8.28. The van der Waals surface area contributed by atoms with Gasteiger partial charge in [-0.15, -0.1) is 0 Å². The molecule has 1 unspecified atom stereocenters. The van der Waals surface area contributed by atoms with Gasteiger partial charge in [0, 0.05) is 16.8 Å². The Morgan fingerprint density at radius 3 is 2.75 bits per heavy atom. The lowest BCUT2D eigenvalue weighted by molar-refractivity contribution is 0.605. The lowest BCUT2D eigenvalue weighted by atomic mass is 10.1. The average molecular weight is 238 g/mol. The number of sulfone groups is 1. The Bertz CT molecular complexity index is 535. The minimum Gasteiger partial charge on any atom is -0.399 e. The van der Waals surface area contributed by atoms with Crippen molar-refractivity contribution in [3.05, 3.63) is 35.2 Å². The van der Waals surface area contributed by atoms with Gasteiger partial charge < -0.3 is 11.1 Å². The normalized spacial score (nSPS) is 22.2. The summed E-state index contributed by atoms with van der Waals surface area (Å²) in [5, 5.41) is 4.43. The van der Waals surface area contributed by atoms with E-state index in [2.05, 4.69) is 5.32 Å². The standard InChI is InChI=1S/C11H14N2O2S/c1-8-6-9(12)2-3-11(8)13-10-4-5-16(14,15)7-10/h2-6,10,13H,7,12H2,1H3. The smallest absolute Gasteiger partial charge is 0.173 e. The van der Waals surface area contributed by atoms with Gasteiger partial charge in [-0.3, -0.25) is 0 Å². The van der Waals surface area contributed by atoms with Gasteiger partial charge in [0.2, 0.25) is 0 Å². The Kier molecular flexibility index (Phi) is 2.63. The predicted molar refractivity (Wildman–Crippen MR) is 65.9 cm³/mol. The van der Waals surface area contributed by atoms with Crippen LogP contribution in [0.3, 0.4) is 0 Å². The number of aryl methyl sites for hydroxylation is 1. The molecule has 4 nitrogen and oxygen atoms in total. The highest BCUT2D eigenvalue weighted by atomic mass is 32.2. The molecular weight excluding hydrogens is 224 g/mol. The molecular formula is C11H14N2O2S. The maximum absolute atomic E-state index is 11.2. The number of hydrogen-bond acceptors (Lipinski definition) is 4. The van der Waals surface area contributed by atoms with Crippen LogP contribution in [0, 0.1) is 6.92 Å². The average Bonchev–Trinajstić information content (AvgIpc) is 2.51. The molecule has 0 radical (unpaired) electrons. The maximum Gasteiger partial charge on any atom is 0.173 e. The first-order chi connectivity index (χ1) is 7.46. The molecule has 0 spiro atoms. The molecule has 86 valence electrons. The van der Waals surface area contributed by atoms with E-state index in [4.69, 9.17) is 5.73 Å². The van der Waals surface area contributed by atoms with Gasteiger partial charge in [-0.1, -0.05) is 6.08 Å². The number of rotatable bonds is 2. The fourth-order valence-electron chi connectivity index (χ4n) is 1.71. The first-order valence-corrected chi connectivity index (χ1v) is 6.71. The Hall–Kier alpha value is -1.49. The van der Waals surface area contributed by atoms with Crippen LogP contribution in [-0.4, -0.2) is 20.2 Å². The number of nitrogens with one attached hydrogen (secondary N) is 1. The minimum atomic E-state index is -3.00. The molecule has 0 saturated carbocycles. The third-order valence-corrected chi connectivity index (χ3v) is 3.92. The lowest BCUT2D eigenvalue weighted by Crippen LogP contribution is -2.21. The quantitative estimate of drug-likeness (QED) is 0.762. The second-order valence-corrected chi connectivity index (χ2v) is 5.91. The van der Waals surface area contributed by atoms with Gasteiger partial charge in [0.05, 0.1) is 11.8 Å². The molecule has 1 aromatic rings.